The fraction of sp³-hybridized carbons (Fsp3) is 0.600. The third-order valence-corrected chi connectivity index (χ3v) is 4.54. The lowest BCUT2D eigenvalue weighted by Gasteiger charge is -2.26. The first-order chi connectivity index (χ1) is 10.7. The number of nitrogens with two attached hydrogens (primary N) is 1. The van der Waals surface area contributed by atoms with E-state index in [4.69, 9.17) is 10.5 Å². The van der Waals surface area contributed by atoms with E-state index in [9.17, 15) is 4.79 Å². The molecule has 0 aliphatic carbocycles. The van der Waals surface area contributed by atoms with Crippen LogP contribution >= 0.6 is 11.3 Å². The quantitative estimate of drug-likeness (QED) is 0.445. The van der Waals surface area contributed by atoms with Gasteiger partial charge in [-0.1, -0.05) is 0 Å². The Hall–Kier alpha value is -1.60. The predicted octanol–water partition coefficient (Wildman–Crippen LogP) is 0.964. The summed E-state index contributed by atoms with van der Waals surface area (Å²) in [4.78, 5) is 19.5. The van der Waals surface area contributed by atoms with Crippen molar-refractivity contribution in [3.8, 4) is 0 Å². The molecule has 0 radical (unpaired) electrons. The summed E-state index contributed by atoms with van der Waals surface area (Å²) in [5.74, 6) is 0.342. The number of amides is 1. The monoisotopic (exact) mass is 324 g/mol. The second-order valence-electron chi connectivity index (χ2n) is 5.11. The summed E-state index contributed by atoms with van der Waals surface area (Å²) in [7, 11) is 0. The van der Waals surface area contributed by atoms with Gasteiger partial charge in [0.2, 0.25) is 5.91 Å². The normalized spacial score (nSPS) is 14.8. The fourth-order valence-corrected chi connectivity index (χ4v) is 3.19. The van der Waals surface area contributed by atoms with Crippen LogP contribution in [0.4, 0.5) is 0 Å². The molecule has 7 heteroatoms. The number of guanidine groups is 1. The molecule has 2 heterocycles. The van der Waals surface area contributed by atoms with Gasteiger partial charge < -0.3 is 20.7 Å². The molecule has 2 rings (SSSR count). The molecule has 3 N–H and O–H groups in total. The molecular formula is C15H24N4O2S. The summed E-state index contributed by atoms with van der Waals surface area (Å²) in [5, 5.41) is 5.07. The molecule has 1 aliphatic rings. The fourth-order valence-electron chi connectivity index (χ4n) is 2.31. The van der Waals surface area contributed by atoms with Crippen molar-refractivity contribution in [2.45, 2.75) is 26.3 Å². The molecule has 22 heavy (non-hydrogen) atoms. The van der Waals surface area contributed by atoms with E-state index < -0.39 is 0 Å². The Morgan fingerprint density at radius 3 is 3.27 bits per heavy atom. The standard InChI is InChI=1S/C15H24N4O2S/c1-2-21-8-3-6-17-15(16)18-10-14(20)19-7-4-13-12(11-19)5-9-22-13/h5,9H,2-4,6-8,10-11H2,1H3,(H3,16,17,18). The molecule has 0 aromatic carbocycles. The zero-order valence-corrected chi connectivity index (χ0v) is 13.8. The highest BCUT2D eigenvalue weighted by Gasteiger charge is 2.20. The van der Waals surface area contributed by atoms with Crippen LogP contribution in [0.3, 0.4) is 0 Å². The molecule has 1 aliphatic heterocycles. The van der Waals surface area contributed by atoms with Crippen LogP contribution in [0.15, 0.2) is 16.4 Å². The zero-order valence-electron chi connectivity index (χ0n) is 13.0. The van der Waals surface area contributed by atoms with Crippen LogP contribution < -0.4 is 11.1 Å². The number of aliphatic imine (C=N–C) groups is 1. The molecule has 6 nitrogen and oxygen atoms in total. The maximum atomic E-state index is 12.2. The second kappa shape index (κ2) is 8.75. The second-order valence-corrected chi connectivity index (χ2v) is 6.11. The van der Waals surface area contributed by atoms with Gasteiger partial charge in [-0.25, -0.2) is 4.99 Å². The van der Waals surface area contributed by atoms with Crippen LogP contribution in [0.1, 0.15) is 23.8 Å². The lowest BCUT2D eigenvalue weighted by molar-refractivity contribution is -0.130. The Balaban J connectivity index is 1.69. The Morgan fingerprint density at radius 1 is 1.59 bits per heavy atom. The highest BCUT2D eigenvalue weighted by atomic mass is 32.1. The van der Waals surface area contributed by atoms with Crippen LogP contribution in [-0.4, -0.2) is 49.6 Å². The molecule has 0 bridgehead atoms. The van der Waals surface area contributed by atoms with E-state index in [1.54, 1.807) is 11.3 Å². The van der Waals surface area contributed by atoms with Crippen molar-refractivity contribution in [1.29, 1.82) is 0 Å². The van der Waals surface area contributed by atoms with Gasteiger partial charge in [0.25, 0.3) is 0 Å². The Bertz CT molecular complexity index is 515. The van der Waals surface area contributed by atoms with Crippen molar-refractivity contribution in [3.63, 3.8) is 0 Å². The summed E-state index contributed by atoms with van der Waals surface area (Å²) in [6, 6.07) is 2.09. The van der Waals surface area contributed by atoms with Crippen LogP contribution in [0.5, 0.6) is 0 Å². The lowest BCUT2D eigenvalue weighted by Crippen LogP contribution is -2.38. The van der Waals surface area contributed by atoms with Crippen LogP contribution in [0, 0.1) is 0 Å². The molecule has 1 amide bonds. The van der Waals surface area contributed by atoms with Crippen molar-refractivity contribution in [2.75, 3.05) is 32.8 Å². The number of thiophene rings is 1. The van der Waals surface area contributed by atoms with Crippen molar-refractivity contribution in [3.05, 3.63) is 21.9 Å². The van der Waals surface area contributed by atoms with E-state index in [1.807, 2.05) is 11.8 Å². The molecule has 122 valence electrons. The number of nitrogens with one attached hydrogen (secondary N) is 1. The van der Waals surface area contributed by atoms with Crippen LogP contribution in [0.2, 0.25) is 0 Å². The highest BCUT2D eigenvalue weighted by molar-refractivity contribution is 7.10. The summed E-state index contributed by atoms with van der Waals surface area (Å²) >= 11 is 1.77. The van der Waals surface area contributed by atoms with Crippen LogP contribution in [-0.2, 0) is 22.5 Å². The van der Waals surface area contributed by atoms with Gasteiger partial charge in [-0.05, 0) is 36.8 Å². The molecule has 0 unspecified atom stereocenters. The van der Waals surface area contributed by atoms with Gasteiger partial charge in [-0.2, -0.15) is 0 Å². The minimum Gasteiger partial charge on any atom is -0.382 e. The van der Waals surface area contributed by atoms with Crippen LogP contribution in [0.25, 0.3) is 0 Å². The summed E-state index contributed by atoms with van der Waals surface area (Å²) < 4.78 is 5.23. The lowest BCUT2D eigenvalue weighted by atomic mass is 10.1. The smallest absolute Gasteiger partial charge is 0.244 e. The largest absolute Gasteiger partial charge is 0.382 e. The number of fused-ring (bicyclic) bond motifs is 1. The number of carbonyl (C=O) groups excluding carboxylic acids is 1. The predicted molar refractivity (Wildman–Crippen MR) is 89.0 cm³/mol. The molecule has 0 fully saturated rings. The number of carbonyl (C=O) groups is 1. The third kappa shape index (κ3) is 4.99. The minimum absolute atomic E-state index is 0.0240. The first kappa shape index (κ1) is 16.8. The number of rotatable bonds is 7. The number of ether oxygens (including phenoxy) is 1. The van der Waals surface area contributed by atoms with E-state index >= 15 is 0 Å². The zero-order chi connectivity index (χ0) is 15.8. The number of hydrogen-bond acceptors (Lipinski definition) is 4. The Kier molecular flexibility index (Phi) is 6.67. The first-order valence-corrected chi connectivity index (χ1v) is 8.53. The van der Waals surface area contributed by atoms with Gasteiger partial charge in [0, 0.05) is 37.7 Å². The van der Waals surface area contributed by atoms with E-state index in [0.717, 1.165) is 26.0 Å². The SMILES string of the molecule is CCOCCCNC(N)=NCC(=O)N1CCc2sccc2C1. The number of nitrogens with zero attached hydrogens (tertiary/aromatic N) is 2. The molecule has 0 saturated carbocycles. The maximum absolute atomic E-state index is 12.2. The third-order valence-electron chi connectivity index (χ3n) is 3.52. The van der Waals surface area contributed by atoms with Crippen molar-refractivity contribution < 1.29 is 9.53 Å². The average molecular weight is 324 g/mol. The summed E-state index contributed by atoms with van der Waals surface area (Å²) in [6.07, 6.45) is 1.80. The van der Waals surface area contributed by atoms with Gasteiger partial charge in [0.1, 0.15) is 6.54 Å². The molecule has 1 aromatic heterocycles. The number of hydrogen-bond donors (Lipinski definition) is 2. The van der Waals surface area contributed by atoms with Gasteiger partial charge >= 0.3 is 0 Å². The molecular weight excluding hydrogens is 300 g/mol. The summed E-state index contributed by atoms with van der Waals surface area (Å²) in [6.45, 7) is 5.65. The van der Waals surface area contributed by atoms with Crippen molar-refractivity contribution in [2.24, 2.45) is 10.7 Å². The topological polar surface area (TPSA) is 80.0 Å². The Morgan fingerprint density at radius 2 is 2.45 bits per heavy atom. The maximum Gasteiger partial charge on any atom is 0.244 e. The molecule has 0 atom stereocenters. The first-order valence-electron chi connectivity index (χ1n) is 7.65. The van der Waals surface area contributed by atoms with Gasteiger partial charge in [-0.15, -0.1) is 11.3 Å². The molecule has 1 aromatic rings. The molecule has 0 spiro atoms. The van der Waals surface area contributed by atoms with E-state index in [0.29, 0.717) is 25.7 Å². The van der Waals surface area contributed by atoms with E-state index in [1.165, 1.54) is 10.4 Å². The molecule has 0 saturated heterocycles. The van der Waals surface area contributed by atoms with Gasteiger partial charge in [0.05, 0.1) is 0 Å². The van der Waals surface area contributed by atoms with Gasteiger partial charge in [0.15, 0.2) is 5.96 Å². The average Bonchev–Trinajstić information content (AvgIpc) is 2.99. The minimum atomic E-state index is 0.0240. The Labute approximate surface area is 135 Å². The summed E-state index contributed by atoms with van der Waals surface area (Å²) in [5.41, 5.74) is 7.02. The highest BCUT2D eigenvalue weighted by Crippen LogP contribution is 2.23. The van der Waals surface area contributed by atoms with Crippen molar-refractivity contribution in [1.82, 2.24) is 10.2 Å². The van der Waals surface area contributed by atoms with E-state index in [-0.39, 0.29) is 12.5 Å². The van der Waals surface area contributed by atoms with Crippen molar-refractivity contribution >= 4 is 23.2 Å². The van der Waals surface area contributed by atoms with E-state index in [2.05, 4.69) is 21.8 Å². The van der Waals surface area contributed by atoms with Gasteiger partial charge in [-0.3, -0.25) is 4.79 Å².